The predicted octanol–water partition coefficient (Wildman–Crippen LogP) is 5.84. The van der Waals surface area contributed by atoms with Gasteiger partial charge in [0.15, 0.2) is 6.10 Å². The second kappa shape index (κ2) is 12.5. The van der Waals surface area contributed by atoms with Crippen molar-refractivity contribution in [2.75, 3.05) is 17.7 Å². The van der Waals surface area contributed by atoms with Crippen LogP contribution in [0.4, 0.5) is 11.4 Å². The number of halogens is 2. The van der Waals surface area contributed by atoms with Gasteiger partial charge >= 0.3 is 5.97 Å². The van der Waals surface area contributed by atoms with Gasteiger partial charge in [0.25, 0.3) is 17.7 Å². The van der Waals surface area contributed by atoms with Crippen LogP contribution in [0.2, 0.25) is 10.0 Å². The summed E-state index contributed by atoms with van der Waals surface area (Å²) in [4.78, 5) is 53.1. The van der Waals surface area contributed by atoms with Gasteiger partial charge in [-0.3, -0.25) is 14.4 Å². The molecule has 1 aliphatic heterocycles. The van der Waals surface area contributed by atoms with E-state index in [0.717, 1.165) is 0 Å². The SMILES string of the molecule is CC(C)CC1C(=O)OC(Cc2ccc(NC(=O)c3ccc(Cl)cc3)cc2NC(=O)c2ccc(Cl)cc2)C(=O)N1C. The van der Waals surface area contributed by atoms with Crippen molar-refractivity contribution in [3.05, 3.63) is 93.5 Å². The first kappa shape index (κ1) is 29.1. The molecule has 0 saturated carbocycles. The minimum absolute atomic E-state index is 0.0327. The van der Waals surface area contributed by atoms with Gasteiger partial charge in [0.2, 0.25) is 0 Å². The summed E-state index contributed by atoms with van der Waals surface area (Å²) < 4.78 is 5.57. The van der Waals surface area contributed by atoms with Gasteiger partial charge in [0.05, 0.1) is 0 Å². The third kappa shape index (κ3) is 7.00. The summed E-state index contributed by atoms with van der Waals surface area (Å²) in [6.07, 6.45) is -0.523. The molecule has 2 atom stereocenters. The second-order valence-electron chi connectivity index (χ2n) is 10.0. The van der Waals surface area contributed by atoms with E-state index in [2.05, 4.69) is 10.6 Å². The Hall–Kier alpha value is -3.88. The summed E-state index contributed by atoms with van der Waals surface area (Å²) in [5.41, 5.74) is 2.08. The number of hydrogen-bond acceptors (Lipinski definition) is 5. The lowest BCUT2D eigenvalue weighted by Crippen LogP contribution is -2.55. The number of morpholine rings is 1. The lowest BCUT2D eigenvalue weighted by atomic mass is 9.98. The Bertz CT molecular complexity index is 1420. The standard InChI is InChI=1S/C30H29Cl2N3O5/c1-17(2)14-25-30(39)40-26(29(38)35(25)3)15-20-8-13-23(33-27(36)18-4-9-21(31)10-5-18)16-24(20)34-28(37)19-6-11-22(32)12-7-19/h4-13,16-17,25-26H,14-15H2,1-3H3,(H,33,36)(H,34,37). The summed E-state index contributed by atoms with van der Waals surface area (Å²) in [5.74, 6) is -1.36. The van der Waals surface area contributed by atoms with E-state index in [4.69, 9.17) is 27.9 Å². The number of anilines is 2. The van der Waals surface area contributed by atoms with Crippen LogP contribution in [0, 0.1) is 5.92 Å². The summed E-state index contributed by atoms with van der Waals surface area (Å²) in [7, 11) is 1.60. The molecule has 0 aromatic heterocycles. The van der Waals surface area contributed by atoms with E-state index in [1.165, 1.54) is 4.90 Å². The first-order valence-electron chi connectivity index (χ1n) is 12.8. The average molecular weight is 582 g/mol. The Balaban J connectivity index is 1.60. The molecule has 1 fully saturated rings. The number of rotatable bonds is 8. The van der Waals surface area contributed by atoms with Crippen LogP contribution < -0.4 is 10.6 Å². The molecule has 4 rings (SSSR count). The normalized spacial score (nSPS) is 17.0. The zero-order valence-electron chi connectivity index (χ0n) is 22.2. The number of likely N-dealkylation sites (N-methyl/N-ethyl adjacent to an activating group) is 1. The van der Waals surface area contributed by atoms with Crippen LogP contribution in [0.25, 0.3) is 0 Å². The number of benzene rings is 3. The van der Waals surface area contributed by atoms with Crippen LogP contribution in [0.15, 0.2) is 66.7 Å². The Morgan fingerprint density at radius 1 is 0.875 bits per heavy atom. The molecule has 1 heterocycles. The monoisotopic (exact) mass is 581 g/mol. The topological polar surface area (TPSA) is 105 Å². The Morgan fingerprint density at radius 3 is 1.98 bits per heavy atom. The van der Waals surface area contributed by atoms with Gasteiger partial charge in [0.1, 0.15) is 6.04 Å². The van der Waals surface area contributed by atoms with Crippen LogP contribution in [-0.2, 0) is 20.7 Å². The van der Waals surface area contributed by atoms with Gasteiger partial charge in [-0.25, -0.2) is 4.79 Å². The second-order valence-corrected chi connectivity index (χ2v) is 10.9. The predicted molar refractivity (Wildman–Crippen MR) is 155 cm³/mol. The Kier molecular flexibility index (Phi) is 9.12. The molecule has 1 aliphatic rings. The van der Waals surface area contributed by atoms with Crippen LogP contribution in [-0.4, -0.2) is 47.8 Å². The number of amides is 3. The van der Waals surface area contributed by atoms with E-state index in [0.29, 0.717) is 44.5 Å². The van der Waals surface area contributed by atoms with Crippen molar-refractivity contribution in [2.45, 2.75) is 38.8 Å². The van der Waals surface area contributed by atoms with E-state index in [1.54, 1.807) is 73.8 Å². The fourth-order valence-corrected chi connectivity index (χ4v) is 4.64. The number of carbonyl (C=O) groups excluding carboxylic acids is 4. The molecule has 8 nitrogen and oxygen atoms in total. The number of cyclic esters (lactones) is 1. The first-order chi connectivity index (χ1) is 19.0. The molecule has 0 spiro atoms. The van der Waals surface area contributed by atoms with Crippen molar-refractivity contribution in [3.63, 3.8) is 0 Å². The first-order valence-corrected chi connectivity index (χ1v) is 13.5. The highest BCUT2D eigenvalue weighted by Crippen LogP contribution is 2.28. The number of esters is 1. The number of nitrogens with zero attached hydrogens (tertiary/aromatic N) is 1. The van der Waals surface area contributed by atoms with Crippen molar-refractivity contribution < 1.29 is 23.9 Å². The highest BCUT2D eigenvalue weighted by Gasteiger charge is 2.41. The molecule has 40 heavy (non-hydrogen) atoms. The van der Waals surface area contributed by atoms with Crippen LogP contribution in [0.1, 0.15) is 46.5 Å². The lowest BCUT2D eigenvalue weighted by molar-refractivity contribution is -0.177. The summed E-state index contributed by atoms with van der Waals surface area (Å²) in [6.45, 7) is 3.95. The van der Waals surface area contributed by atoms with Crippen molar-refractivity contribution in [2.24, 2.45) is 5.92 Å². The summed E-state index contributed by atoms with van der Waals surface area (Å²) >= 11 is 11.9. The van der Waals surface area contributed by atoms with E-state index >= 15 is 0 Å². The van der Waals surface area contributed by atoms with Crippen molar-refractivity contribution in [3.8, 4) is 0 Å². The summed E-state index contributed by atoms with van der Waals surface area (Å²) in [5, 5.41) is 6.65. The quantitative estimate of drug-likeness (QED) is 0.325. The number of carbonyl (C=O) groups is 4. The van der Waals surface area contributed by atoms with Crippen LogP contribution in [0.3, 0.4) is 0 Å². The van der Waals surface area contributed by atoms with Crippen molar-refractivity contribution in [1.82, 2.24) is 4.90 Å². The molecular weight excluding hydrogens is 553 g/mol. The zero-order valence-corrected chi connectivity index (χ0v) is 23.8. The minimum Gasteiger partial charge on any atom is -0.450 e. The van der Waals surface area contributed by atoms with Gasteiger partial charge in [-0.15, -0.1) is 0 Å². The molecule has 10 heteroatoms. The molecule has 2 N–H and O–H groups in total. The van der Waals surface area contributed by atoms with E-state index < -0.39 is 24.0 Å². The zero-order chi connectivity index (χ0) is 29.0. The number of nitrogens with one attached hydrogen (secondary N) is 2. The van der Waals surface area contributed by atoms with Crippen LogP contribution >= 0.6 is 23.2 Å². The van der Waals surface area contributed by atoms with Gasteiger partial charge in [-0.1, -0.05) is 43.1 Å². The molecular formula is C30H29Cl2N3O5. The molecule has 0 bridgehead atoms. The van der Waals surface area contributed by atoms with Crippen molar-refractivity contribution >= 4 is 58.3 Å². The van der Waals surface area contributed by atoms with Crippen molar-refractivity contribution in [1.29, 1.82) is 0 Å². The fraction of sp³-hybridized carbons (Fsp3) is 0.267. The number of hydrogen-bond donors (Lipinski definition) is 2. The maximum Gasteiger partial charge on any atom is 0.329 e. The third-order valence-electron chi connectivity index (χ3n) is 6.55. The molecule has 3 aromatic carbocycles. The third-order valence-corrected chi connectivity index (χ3v) is 7.05. The Morgan fingerprint density at radius 2 is 1.43 bits per heavy atom. The minimum atomic E-state index is -1.05. The maximum absolute atomic E-state index is 13.1. The van der Waals surface area contributed by atoms with Gasteiger partial charge < -0.3 is 20.3 Å². The van der Waals surface area contributed by atoms with Gasteiger partial charge in [-0.2, -0.15) is 0 Å². The molecule has 0 aliphatic carbocycles. The highest BCUT2D eigenvalue weighted by atomic mass is 35.5. The Labute approximate surface area is 242 Å². The smallest absolute Gasteiger partial charge is 0.329 e. The van der Waals surface area contributed by atoms with Gasteiger partial charge in [-0.05, 0) is 78.6 Å². The molecule has 0 radical (unpaired) electrons. The average Bonchev–Trinajstić information content (AvgIpc) is 2.91. The van der Waals surface area contributed by atoms with Gasteiger partial charge in [0, 0.05) is 46.0 Å². The largest absolute Gasteiger partial charge is 0.450 e. The molecule has 3 aromatic rings. The molecule has 3 amide bonds. The lowest BCUT2D eigenvalue weighted by Gasteiger charge is -2.36. The molecule has 2 unspecified atom stereocenters. The van der Waals surface area contributed by atoms with E-state index in [-0.39, 0.29) is 24.2 Å². The number of ether oxygens (including phenoxy) is 1. The van der Waals surface area contributed by atoms with E-state index in [9.17, 15) is 19.2 Å². The fourth-order valence-electron chi connectivity index (χ4n) is 4.39. The summed E-state index contributed by atoms with van der Waals surface area (Å²) in [6, 6.07) is 17.1. The molecule has 1 saturated heterocycles. The van der Waals surface area contributed by atoms with E-state index in [1.807, 2.05) is 13.8 Å². The highest BCUT2D eigenvalue weighted by molar-refractivity contribution is 6.31. The van der Waals surface area contributed by atoms with Crippen LogP contribution in [0.5, 0.6) is 0 Å². The maximum atomic E-state index is 13.1. The molecule has 208 valence electrons.